The van der Waals surface area contributed by atoms with E-state index in [0.717, 1.165) is 11.1 Å². The van der Waals surface area contributed by atoms with Crippen LogP contribution < -0.4 is 4.72 Å². The molecule has 0 aliphatic carbocycles. The number of nitrogens with zero attached hydrogens (tertiary/aromatic N) is 1. The zero-order chi connectivity index (χ0) is 20.4. The van der Waals surface area contributed by atoms with Gasteiger partial charge in [-0.05, 0) is 28.5 Å². The molecule has 0 radical (unpaired) electrons. The van der Waals surface area contributed by atoms with Crippen LogP contribution in [0.3, 0.4) is 0 Å². The van der Waals surface area contributed by atoms with Gasteiger partial charge in [0.05, 0.1) is 12.6 Å². The van der Waals surface area contributed by atoms with E-state index in [-0.39, 0.29) is 18.1 Å². The number of hydrogen-bond acceptors (Lipinski definition) is 4. The van der Waals surface area contributed by atoms with Gasteiger partial charge in [0.1, 0.15) is 5.25 Å². The van der Waals surface area contributed by atoms with E-state index in [4.69, 9.17) is 4.84 Å². The minimum Gasteiger partial charge on any atom is -0.297 e. The molecule has 28 heavy (non-hydrogen) atoms. The number of hydroxylamine groups is 2. The molecule has 2 aromatic rings. The summed E-state index contributed by atoms with van der Waals surface area (Å²) in [6, 6.07) is 17.7. The molecule has 0 aromatic heterocycles. The molecule has 3 rings (SSSR count). The van der Waals surface area contributed by atoms with E-state index in [0.29, 0.717) is 13.0 Å². The van der Waals surface area contributed by atoms with Crippen molar-refractivity contribution in [1.82, 2.24) is 9.79 Å². The Morgan fingerprint density at radius 3 is 2.32 bits per heavy atom. The summed E-state index contributed by atoms with van der Waals surface area (Å²) < 4.78 is 28.7. The van der Waals surface area contributed by atoms with Gasteiger partial charge in [-0.15, -0.1) is 0 Å². The van der Waals surface area contributed by atoms with Crippen molar-refractivity contribution in [3.63, 3.8) is 0 Å². The summed E-state index contributed by atoms with van der Waals surface area (Å²) in [5, 5.41) is 1.02. The molecule has 0 amide bonds. The van der Waals surface area contributed by atoms with Crippen molar-refractivity contribution >= 4 is 10.0 Å². The molecule has 152 valence electrons. The van der Waals surface area contributed by atoms with Crippen LogP contribution in [0, 0.1) is 0 Å². The Morgan fingerprint density at radius 2 is 1.71 bits per heavy atom. The maximum Gasteiger partial charge on any atom is 0.218 e. The first kappa shape index (κ1) is 21.0. The fraction of sp³-hybridized carbons (Fsp3) is 0.455. The minimum absolute atomic E-state index is 0.0566. The van der Waals surface area contributed by atoms with Crippen LogP contribution >= 0.6 is 0 Å². The van der Waals surface area contributed by atoms with Crippen molar-refractivity contribution in [2.75, 3.05) is 20.2 Å². The Labute approximate surface area is 168 Å². The molecule has 2 unspecified atom stereocenters. The lowest BCUT2D eigenvalue weighted by Crippen LogP contribution is -2.40. The van der Waals surface area contributed by atoms with Crippen LogP contribution in [0.1, 0.15) is 43.5 Å². The molecule has 2 aromatic carbocycles. The molecule has 1 fully saturated rings. The molecule has 0 bridgehead atoms. The number of rotatable bonds is 6. The van der Waals surface area contributed by atoms with E-state index in [1.807, 2.05) is 42.5 Å². The van der Waals surface area contributed by atoms with Crippen molar-refractivity contribution in [1.29, 1.82) is 0 Å². The van der Waals surface area contributed by atoms with Crippen molar-refractivity contribution in [3.8, 4) is 0 Å². The summed E-state index contributed by atoms with van der Waals surface area (Å²) in [5.41, 5.74) is 3.34. The Bertz CT molecular complexity index is 874. The zero-order valence-corrected chi connectivity index (χ0v) is 17.9. The van der Waals surface area contributed by atoms with Crippen LogP contribution in [0.5, 0.6) is 0 Å². The third-order valence-electron chi connectivity index (χ3n) is 5.26. The average Bonchev–Trinajstić information content (AvgIpc) is 3.04. The molecule has 1 N–H and O–H groups in total. The van der Waals surface area contributed by atoms with E-state index in [2.05, 4.69) is 37.6 Å². The maximum absolute atomic E-state index is 13.0. The molecular formula is C22H30N2O3S. The molecule has 5 nitrogen and oxygen atoms in total. The second-order valence-electron chi connectivity index (χ2n) is 8.37. The van der Waals surface area contributed by atoms with Crippen molar-refractivity contribution in [2.45, 2.75) is 43.9 Å². The summed E-state index contributed by atoms with van der Waals surface area (Å²) in [4.78, 5) is 5.60. The average molecular weight is 403 g/mol. The first-order chi connectivity index (χ1) is 13.2. The summed E-state index contributed by atoms with van der Waals surface area (Å²) in [6.45, 7) is 7.02. The topological polar surface area (TPSA) is 58.6 Å². The van der Waals surface area contributed by atoms with Crippen LogP contribution in [0.2, 0.25) is 0 Å². The van der Waals surface area contributed by atoms with Gasteiger partial charge in [-0.1, -0.05) is 75.4 Å². The van der Waals surface area contributed by atoms with Crippen molar-refractivity contribution in [3.05, 3.63) is 71.3 Å². The lowest BCUT2D eigenvalue weighted by atomic mass is 9.86. The van der Waals surface area contributed by atoms with Crippen LogP contribution in [-0.2, 0) is 26.7 Å². The molecular weight excluding hydrogens is 372 g/mol. The monoisotopic (exact) mass is 402 g/mol. The number of hydrogen-bond donors (Lipinski definition) is 1. The minimum atomic E-state index is -3.52. The first-order valence-electron chi connectivity index (χ1n) is 9.67. The van der Waals surface area contributed by atoms with Gasteiger partial charge >= 0.3 is 0 Å². The first-order valence-corrected chi connectivity index (χ1v) is 11.2. The van der Waals surface area contributed by atoms with Crippen molar-refractivity contribution in [2.24, 2.45) is 0 Å². The van der Waals surface area contributed by atoms with E-state index < -0.39 is 15.3 Å². The lowest BCUT2D eigenvalue weighted by molar-refractivity contribution is -0.110. The second-order valence-corrected chi connectivity index (χ2v) is 10.4. The summed E-state index contributed by atoms with van der Waals surface area (Å²) in [5.74, 6) is 0. The van der Waals surface area contributed by atoms with Gasteiger partial charge in [-0.3, -0.25) is 4.84 Å². The zero-order valence-electron chi connectivity index (χ0n) is 17.1. The van der Waals surface area contributed by atoms with E-state index in [1.165, 1.54) is 5.56 Å². The van der Waals surface area contributed by atoms with E-state index >= 15 is 0 Å². The summed E-state index contributed by atoms with van der Waals surface area (Å²) in [6.07, 6.45) is 0.661. The number of nitrogens with one attached hydrogen (secondary N) is 1. The smallest absolute Gasteiger partial charge is 0.218 e. The highest BCUT2D eigenvalue weighted by molar-refractivity contribution is 7.90. The summed E-state index contributed by atoms with van der Waals surface area (Å²) >= 11 is 0. The second kappa shape index (κ2) is 8.33. The highest BCUT2D eigenvalue weighted by atomic mass is 32.2. The fourth-order valence-electron chi connectivity index (χ4n) is 3.55. The van der Waals surface area contributed by atoms with Crippen LogP contribution in [0.4, 0.5) is 0 Å². The summed E-state index contributed by atoms with van der Waals surface area (Å²) in [7, 11) is -1.72. The Hall–Kier alpha value is -1.73. The highest BCUT2D eigenvalue weighted by Gasteiger charge is 2.43. The van der Waals surface area contributed by atoms with Crippen molar-refractivity contribution < 1.29 is 13.3 Å². The molecule has 1 saturated heterocycles. The van der Waals surface area contributed by atoms with Gasteiger partial charge in [0.2, 0.25) is 10.0 Å². The van der Waals surface area contributed by atoms with Gasteiger partial charge in [0.15, 0.2) is 0 Å². The Kier molecular flexibility index (Phi) is 6.25. The Morgan fingerprint density at radius 1 is 1.07 bits per heavy atom. The lowest BCUT2D eigenvalue weighted by Gasteiger charge is -2.25. The van der Waals surface area contributed by atoms with Gasteiger partial charge in [-0.2, -0.15) is 5.06 Å². The SMILES string of the molecule is CN1OCC(S(=O)(=O)NCCc2ccccc2)C1c1ccc(C(C)(C)C)cc1. The van der Waals surface area contributed by atoms with Gasteiger partial charge in [0.25, 0.3) is 0 Å². The highest BCUT2D eigenvalue weighted by Crippen LogP contribution is 2.34. The quantitative estimate of drug-likeness (QED) is 0.804. The molecule has 1 aliphatic heterocycles. The third kappa shape index (κ3) is 4.81. The van der Waals surface area contributed by atoms with Gasteiger partial charge in [-0.25, -0.2) is 13.1 Å². The number of sulfonamides is 1. The molecule has 1 aliphatic rings. The van der Waals surface area contributed by atoms with Gasteiger partial charge < -0.3 is 0 Å². The van der Waals surface area contributed by atoms with Gasteiger partial charge in [0, 0.05) is 13.6 Å². The van der Waals surface area contributed by atoms with E-state index in [9.17, 15) is 8.42 Å². The predicted octanol–water partition coefficient (Wildman–Crippen LogP) is 3.43. The fourth-order valence-corrected chi connectivity index (χ4v) is 5.06. The molecule has 0 spiro atoms. The molecule has 2 atom stereocenters. The molecule has 0 saturated carbocycles. The number of benzene rings is 2. The maximum atomic E-state index is 13.0. The van der Waals surface area contributed by atoms with Crippen LogP contribution in [0.25, 0.3) is 0 Å². The molecule has 6 heteroatoms. The Balaban J connectivity index is 1.72. The van der Waals surface area contributed by atoms with Crippen LogP contribution in [0.15, 0.2) is 54.6 Å². The standard InChI is InChI=1S/C22H30N2O3S/c1-22(2,3)19-12-10-18(11-13-19)21-20(16-27-24(21)4)28(25,26)23-15-14-17-8-6-5-7-9-17/h5-13,20-21,23H,14-16H2,1-4H3. The molecule has 1 heterocycles. The largest absolute Gasteiger partial charge is 0.297 e. The predicted molar refractivity (Wildman–Crippen MR) is 112 cm³/mol. The normalized spacial score (nSPS) is 21.1. The van der Waals surface area contributed by atoms with Crippen LogP contribution in [-0.4, -0.2) is 38.9 Å². The van der Waals surface area contributed by atoms with E-state index in [1.54, 1.807) is 12.1 Å². The third-order valence-corrected chi connectivity index (χ3v) is 7.06.